The minimum atomic E-state index is -0.634. The van der Waals surface area contributed by atoms with Gasteiger partial charge < -0.3 is 9.52 Å². The smallest absolute Gasteiger partial charge is 0.219 e. The highest BCUT2D eigenvalue weighted by atomic mass is 79.9. The Bertz CT molecular complexity index is 1430. The van der Waals surface area contributed by atoms with E-state index in [2.05, 4.69) is 67.7 Å². The summed E-state index contributed by atoms with van der Waals surface area (Å²) in [4.78, 5) is 13.9. The van der Waals surface area contributed by atoms with Crippen LogP contribution in [0.25, 0.3) is 11.6 Å². The zero-order valence-electron chi connectivity index (χ0n) is 21.6. The molecule has 1 atom stereocenters. The number of hydrogen-bond donors (Lipinski definition) is 1. The number of phenolic OH excluding ortho intramolecular Hbond substituents is 1. The zero-order chi connectivity index (χ0) is 26.7. The van der Waals surface area contributed by atoms with Crippen LogP contribution in [0.2, 0.25) is 0 Å². The largest absolute Gasteiger partial charge is 0.507 e. The second kappa shape index (κ2) is 9.06. The van der Waals surface area contributed by atoms with E-state index in [1.807, 2.05) is 52.1 Å². The van der Waals surface area contributed by atoms with Gasteiger partial charge in [0.05, 0.1) is 12.0 Å². The summed E-state index contributed by atoms with van der Waals surface area (Å²) in [5.74, 6) is 1.27. The molecule has 7 nitrogen and oxygen atoms in total. The third kappa shape index (κ3) is 4.59. The van der Waals surface area contributed by atoms with E-state index in [9.17, 15) is 9.90 Å². The van der Waals surface area contributed by atoms with E-state index in [4.69, 9.17) is 4.42 Å². The molecule has 9 heteroatoms. The number of anilines is 1. The number of benzene rings is 2. The lowest BCUT2D eigenvalue weighted by Gasteiger charge is -2.32. The van der Waals surface area contributed by atoms with Crippen LogP contribution in [0.15, 0.2) is 68.8 Å². The molecule has 2 aromatic carbocycles. The summed E-state index contributed by atoms with van der Waals surface area (Å²) in [5, 5.41) is 22.0. The van der Waals surface area contributed by atoms with Gasteiger partial charge in [-0.15, -0.1) is 10.2 Å². The molecule has 1 aliphatic heterocycles. The molecule has 192 valence electrons. The van der Waals surface area contributed by atoms with Crippen molar-refractivity contribution in [2.45, 2.75) is 62.9 Å². The number of ketones is 1. The third-order valence-electron chi connectivity index (χ3n) is 6.34. The van der Waals surface area contributed by atoms with E-state index in [-0.39, 0.29) is 22.4 Å². The fourth-order valence-corrected chi connectivity index (χ4v) is 5.80. The van der Waals surface area contributed by atoms with Crippen LogP contribution in [-0.2, 0) is 10.8 Å². The first-order valence-corrected chi connectivity index (χ1v) is 13.7. The number of carbonyl (C=O) groups is 1. The summed E-state index contributed by atoms with van der Waals surface area (Å²) in [6, 6.07) is 14.9. The lowest BCUT2D eigenvalue weighted by Crippen LogP contribution is -2.39. The first-order chi connectivity index (χ1) is 17.4. The van der Waals surface area contributed by atoms with E-state index < -0.39 is 5.37 Å². The molecule has 1 aliphatic rings. The summed E-state index contributed by atoms with van der Waals surface area (Å²) >= 11 is 4.80. The SMILES string of the molecule is CC(C)(C)c1cc(N2C(C(=O)c3ccc(Br)cc3)Sc3nnc(-c4ccco4)n32)cc(C(C)(C)C)c1O. The van der Waals surface area contributed by atoms with Crippen molar-refractivity contribution in [3.05, 3.63) is 76.0 Å². The van der Waals surface area contributed by atoms with Gasteiger partial charge in [-0.1, -0.05) is 69.6 Å². The minimum absolute atomic E-state index is 0.0592. The monoisotopic (exact) mass is 580 g/mol. The number of halogens is 1. The molecule has 0 saturated heterocycles. The molecule has 0 fully saturated rings. The lowest BCUT2D eigenvalue weighted by atomic mass is 9.79. The standard InChI is InChI=1S/C28H29BrN4O3S/c1-27(2,3)19-14-18(15-20(23(19)35)28(4,5)6)32-25(22(34)16-9-11-17(29)12-10-16)37-26-31-30-24(33(26)32)21-8-7-13-36-21/h7-15,25,35H,1-6H3. The van der Waals surface area contributed by atoms with Gasteiger partial charge >= 0.3 is 0 Å². The maximum absolute atomic E-state index is 13.9. The first-order valence-electron chi connectivity index (χ1n) is 12.0. The number of aromatic hydroxyl groups is 1. The van der Waals surface area contributed by atoms with Crippen LogP contribution < -0.4 is 5.01 Å². The van der Waals surface area contributed by atoms with Crippen LogP contribution in [0.1, 0.15) is 63.0 Å². The van der Waals surface area contributed by atoms with Gasteiger partial charge in [0.25, 0.3) is 0 Å². The third-order valence-corrected chi connectivity index (χ3v) is 7.97. The number of Topliss-reactive ketones (excluding diaryl/α,β-unsaturated/α-hetero) is 1. The normalized spacial score (nSPS) is 15.8. The van der Waals surface area contributed by atoms with Crippen molar-refractivity contribution in [1.29, 1.82) is 0 Å². The summed E-state index contributed by atoms with van der Waals surface area (Å²) in [5.41, 5.74) is 2.29. The highest BCUT2D eigenvalue weighted by Gasteiger charge is 2.42. The average Bonchev–Trinajstić information content (AvgIpc) is 3.55. The molecule has 0 spiro atoms. The van der Waals surface area contributed by atoms with E-state index in [0.29, 0.717) is 22.3 Å². The number of aromatic nitrogens is 3. The molecule has 0 saturated carbocycles. The summed E-state index contributed by atoms with van der Waals surface area (Å²) in [6.07, 6.45) is 1.59. The molecule has 4 aromatic rings. The molecule has 1 N–H and O–H groups in total. The number of thioether (sulfide) groups is 1. The fraction of sp³-hybridized carbons (Fsp3) is 0.321. The van der Waals surface area contributed by atoms with E-state index >= 15 is 0 Å². The van der Waals surface area contributed by atoms with Crippen molar-refractivity contribution >= 4 is 39.2 Å². The van der Waals surface area contributed by atoms with E-state index in [1.165, 1.54) is 11.8 Å². The molecule has 1 unspecified atom stereocenters. The van der Waals surface area contributed by atoms with Crippen LogP contribution in [0, 0.1) is 0 Å². The van der Waals surface area contributed by atoms with Crippen molar-refractivity contribution in [2.24, 2.45) is 0 Å². The minimum Gasteiger partial charge on any atom is -0.507 e. The Balaban J connectivity index is 1.75. The van der Waals surface area contributed by atoms with Crippen molar-refractivity contribution in [3.63, 3.8) is 0 Å². The molecule has 5 rings (SSSR count). The maximum atomic E-state index is 13.9. The summed E-state index contributed by atoms with van der Waals surface area (Å²) in [7, 11) is 0. The number of nitrogens with zero attached hydrogens (tertiary/aromatic N) is 4. The topological polar surface area (TPSA) is 84.4 Å². The van der Waals surface area contributed by atoms with E-state index in [0.717, 1.165) is 21.3 Å². The van der Waals surface area contributed by atoms with Crippen LogP contribution in [0.3, 0.4) is 0 Å². The number of furan rings is 1. The Kier molecular flexibility index (Phi) is 6.27. The highest BCUT2D eigenvalue weighted by molar-refractivity contribution is 9.10. The van der Waals surface area contributed by atoms with Crippen molar-refractivity contribution in [3.8, 4) is 17.3 Å². The quantitative estimate of drug-likeness (QED) is 0.256. The first kappa shape index (κ1) is 25.6. The van der Waals surface area contributed by atoms with Gasteiger partial charge in [-0.2, -0.15) is 0 Å². The maximum Gasteiger partial charge on any atom is 0.219 e. The van der Waals surface area contributed by atoms with Crippen LogP contribution in [0.5, 0.6) is 5.75 Å². The number of hydrogen-bond acceptors (Lipinski definition) is 7. The van der Waals surface area contributed by atoms with Gasteiger partial charge in [-0.3, -0.25) is 9.80 Å². The van der Waals surface area contributed by atoms with Gasteiger partial charge in [0, 0.05) is 21.2 Å². The van der Waals surface area contributed by atoms with Gasteiger partial charge in [-0.05, 0) is 59.0 Å². The van der Waals surface area contributed by atoms with Crippen molar-refractivity contribution < 1.29 is 14.3 Å². The molecular weight excluding hydrogens is 552 g/mol. The Labute approximate surface area is 229 Å². The van der Waals surface area contributed by atoms with Gasteiger partial charge in [0.15, 0.2) is 16.9 Å². The van der Waals surface area contributed by atoms with Crippen LogP contribution in [-0.4, -0.2) is 31.1 Å². The van der Waals surface area contributed by atoms with Crippen LogP contribution >= 0.6 is 27.7 Å². The van der Waals surface area contributed by atoms with Crippen molar-refractivity contribution in [2.75, 3.05) is 5.01 Å². The molecule has 3 heterocycles. The van der Waals surface area contributed by atoms with Crippen molar-refractivity contribution in [1.82, 2.24) is 14.9 Å². The molecule has 0 radical (unpaired) electrons. The van der Waals surface area contributed by atoms with Crippen LogP contribution in [0.4, 0.5) is 5.69 Å². The zero-order valence-corrected chi connectivity index (χ0v) is 24.0. The molecule has 0 bridgehead atoms. The van der Waals surface area contributed by atoms with Gasteiger partial charge in [-0.25, -0.2) is 4.68 Å². The Morgan fingerprint density at radius 1 is 1.00 bits per heavy atom. The number of phenols is 1. The van der Waals surface area contributed by atoms with Gasteiger partial charge in [0.2, 0.25) is 11.0 Å². The molecule has 37 heavy (non-hydrogen) atoms. The average molecular weight is 582 g/mol. The Morgan fingerprint density at radius 2 is 1.62 bits per heavy atom. The number of rotatable bonds is 4. The predicted octanol–water partition coefficient (Wildman–Crippen LogP) is 7.19. The molecule has 0 aliphatic carbocycles. The lowest BCUT2D eigenvalue weighted by molar-refractivity contribution is 0.0987. The second-order valence-electron chi connectivity index (χ2n) is 11.2. The molecule has 2 aromatic heterocycles. The Morgan fingerprint density at radius 3 is 2.16 bits per heavy atom. The Hall–Kier alpha value is -3.04. The predicted molar refractivity (Wildman–Crippen MR) is 149 cm³/mol. The molecular formula is C28H29BrN4O3S. The highest BCUT2D eigenvalue weighted by Crippen LogP contribution is 2.46. The summed E-state index contributed by atoms with van der Waals surface area (Å²) < 4.78 is 8.41. The second-order valence-corrected chi connectivity index (χ2v) is 13.1. The van der Waals surface area contributed by atoms with E-state index in [1.54, 1.807) is 12.3 Å². The number of fused-ring (bicyclic) bond motifs is 1. The number of carbonyl (C=O) groups excluding carboxylic acids is 1. The summed E-state index contributed by atoms with van der Waals surface area (Å²) in [6.45, 7) is 12.4. The molecule has 0 amide bonds. The van der Waals surface area contributed by atoms with Gasteiger partial charge in [0.1, 0.15) is 5.75 Å². The fourth-order valence-electron chi connectivity index (χ4n) is 4.41.